The van der Waals surface area contributed by atoms with Gasteiger partial charge >= 0.3 is 0 Å². The molecule has 0 saturated carbocycles. The summed E-state index contributed by atoms with van der Waals surface area (Å²) in [6.07, 6.45) is -0.994. The number of hydrogen-bond acceptors (Lipinski definition) is 11. The topological polar surface area (TPSA) is 161 Å². The number of aliphatic hydroxyl groups is 2. The number of pyridine rings is 1. The number of ether oxygens (including phenoxy) is 1. The van der Waals surface area contributed by atoms with Gasteiger partial charge in [0.15, 0.2) is 5.13 Å². The molecule has 0 unspecified atom stereocenters. The lowest BCUT2D eigenvalue weighted by atomic mass is 9.97. The lowest BCUT2D eigenvalue weighted by Crippen LogP contribution is -2.21. The number of hydrogen-bond donors (Lipinski definition) is 4. The highest BCUT2D eigenvalue weighted by molar-refractivity contribution is 7.98. The third kappa shape index (κ3) is 6.53. The molecule has 0 aliphatic rings. The molecule has 38 heavy (non-hydrogen) atoms. The van der Waals surface area contributed by atoms with Crippen molar-refractivity contribution in [3.8, 4) is 29.0 Å². The minimum Gasteiger partial charge on any atom is -0.491 e. The predicted molar refractivity (Wildman–Crippen MR) is 149 cm³/mol. The van der Waals surface area contributed by atoms with Crippen LogP contribution in [0.5, 0.6) is 5.75 Å². The van der Waals surface area contributed by atoms with Crippen molar-refractivity contribution in [2.24, 2.45) is 0 Å². The fourth-order valence-electron chi connectivity index (χ4n) is 3.42. The van der Waals surface area contributed by atoms with Crippen LogP contribution in [0.15, 0.2) is 58.9 Å². The second-order valence-electron chi connectivity index (χ2n) is 7.89. The highest BCUT2D eigenvalue weighted by Crippen LogP contribution is 2.37. The quantitative estimate of drug-likeness (QED) is 0.194. The molecule has 2 aromatic heterocycles. The SMILES string of the molecule is N#Cc1c(N)nc(SCc2csc(Nc3cccc(Cl)c3)n2)c(C#N)c1-c1ccc(OC[C@H](O)CO)cc1. The monoisotopic (exact) mass is 564 g/mol. The van der Waals surface area contributed by atoms with E-state index in [1.54, 1.807) is 36.4 Å². The van der Waals surface area contributed by atoms with Gasteiger partial charge in [0.05, 0.1) is 17.9 Å². The first-order valence-corrected chi connectivity index (χ1v) is 13.4. The number of nitriles is 2. The molecule has 5 N–H and O–H groups in total. The van der Waals surface area contributed by atoms with E-state index in [1.807, 2.05) is 17.5 Å². The number of aliphatic hydroxyl groups excluding tert-OH is 2. The maximum atomic E-state index is 10.0. The van der Waals surface area contributed by atoms with Gasteiger partial charge in [0.1, 0.15) is 47.0 Å². The Morgan fingerprint density at radius 1 is 1.13 bits per heavy atom. The third-order valence-electron chi connectivity index (χ3n) is 5.20. The van der Waals surface area contributed by atoms with E-state index in [-0.39, 0.29) is 23.6 Å². The molecule has 9 nitrogen and oxygen atoms in total. The molecule has 0 spiro atoms. The first-order valence-electron chi connectivity index (χ1n) is 11.2. The van der Waals surface area contributed by atoms with Crippen LogP contribution in [0.4, 0.5) is 16.6 Å². The van der Waals surface area contributed by atoms with Crippen molar-refractivity contribution in [3.63, 3.8) is 0 Å². The van der Waals surface area contributed by atoms with Gasteiger partial charge in [-0.3, -0.25) is 0 Å². The lowest BCUT2D eigenvalue weighted by molar-refractivity contribution is 0.0536. The molecule has 1 atom stereocenters. The molecule has 2 aromatic carbocycles. The molecular formula is C26H21ClN6O3S2. The zero-order valence-corrected chi connectivity index (χ0v) is 22.1. The Morgan fingerprint density at radius 3 is 2.58 bits per heavy atom. The molecule has 0 saturated heterocycles. The smallest absolute Gasteiger partial charge is 0.187 e. The van der Waals surface area contributed by atoms with E-state index in [0.29, 0.717) is 37.8 Å². The van der Waals surface area contributed by atoms with Gasteiger partial charge in [-0.25, -0.2) is 9.97 Å². The van der Waals surface area contributed by atoms with Gasteiger partial charge in [-0.15, -0.1) is 11.3 Å². The van der Waals surface area contributed by atoms with Crippen LogP contribution in [0.1, 0.15) is 16.8 Å². The number of nitrogens with zero attached hydrogens (tertiary/aromatic N) is 4. The first kappa shape index (κ1) is 27.2. The summed E-state index contributed by atoms with van der Waals surface area (Å²) in [5.41, 5.74) is 9.05. The molecule has 0 fully saturated rings. The molecule has 0 radical (unpaired) electrons. The van der Waals surface area contributed by atoms with Crippen LogP contribution in [0, 0.1) is 22.7 Å². The van der Waals surface area contributed by atoms with E-state index < -0.39 is 12.7 Å². The summed E-state index contributed by atoms with van der Waals surface area (Å²) in [6.45, 7) is -0.481. The van der Waals surface area contributed by atoms with Crippen LogP contribution in [-0.2, 0) is 5.75 Å². The molecule has 4 rings (SSSR count). The number of thioether (sulfide) groups is 1. The molecular weight excluding hydrogens is 544 g/mol. The van der Waals surface area contributed by atoms with E-state index in [4.69, 9.17) is 27.2 Å². The predicted octanol–water partition coefficient (Wildman–Crippen LogP) is 4.95. The first-order chi connectivity index (χ1) is 18.4. The molecule has 192 valence electrons. The van der Waals surface area contributed by atoms with E-state index in [1.165, 1.54) is 23.1 Å². The van der Waals surface area contributed by atoms with Crippen LogP contribution in [-0.4, -0.2) is 39.5 Å². The van der Waals surface area contributed by atoms with Crippen LogP contribution < -0.4 is 15.8 Å². The minimum absolute atomic E-state index is 0.0250. The fraction of sp³-hybridized carbons (Fsp3) is 0.154. The van der Waals surface area contributed by atoms with Crippen molar-refractivity contribution in [3.05, 3.63) is 75.8 Å². The lowest BCUT2D eigenvalue weighted by Gasteiger charge is -2.14. The maximum Gasteiger partial charge on any atom is 0.187 e. The summed E-state index contributed by atoms with van der Waals surface area (Å²) in [5.74, 6) is 0.915. The number of benzene rings is 2. The summed E-state index contributed by atoms with van der Waals surface area (Å²) >= 11 is 8.79. The van der Waals surface area contributed by atoms with E-state index in [2.05, 4.69) is 27.4 Å². The molecule has 0 bridgehead atoms. The number of halogens is 1. The standard InChI is InChI=1S/C26H21ClN6O3S2/c27-16-2-1-3-17(8-16)31-26-32-18(14-38-26)13-37-25-22(10-29)23(21(9-28)24(30)33-25)15-4-6-20(7-5-15)36-12-19(35)11-34/h1-8,14,19,34-35H,11-13H2,(H2,30,33)(H,31,32)/t19-/m1/s1. The Hall–Kier alpha value is -3.84. The van der Waals surface area contributed by atoms with Gasteiger partial charge < -0.3 is 26.0 Å². The van der Waals surface area contributed by atoms with Crippen molar-refractivity contribution in [2.75, 3.05) is 24.3 Å². The van der Waals surface area contributed by atoms with E-state index >= 15 is 0 Å². The second kappa shape index (κ2) is 12.6. The minimum atomic E-state index is -0.994. The summed E-state index contributed by atoms with van der Waals surface area (Å²) in [6, 6.07) is 18.3. The van der Waals surface area contributed by atoms with Crippen molar-refractivity contribution < 1.29 is 14.9 Å². The Labute approximate surface area is 232 Å². The van der Waals surface area contributed by atoms with E-state index in [0.717, 1.165) is 11.4 Å². The average molecular weight is 565 g/mol. The van der Waals surface area contributed by atoms with Crippen molar-refractivity contribution in [2.45, 2.75) is 16.9 Å². The molecule has 2 heterocycles. The fourth-order valence-corrected chi connectivity index (χ4v) is 5.33. The number of aromatic nitrogens is 2. The van der Waals surface area contributed by atoms with Crippen LogP contribution in [0.2, 0.25) is 5.02 Å². The van der Waals surface area contributed by atoms with Gasteiger partial charge in [0.2, 0.25) is 0 Å². The molecule has 0 aliphatic heterocycles. The van der Waals surface area contributed by atoms with Crippen molar-refractivity contribution >= 4 is 51.3 Å². The third-order valence-corrected chi connectivity index (χ3v) is 7.25. The molecule has 0 aliphatic carbocycles. The zero-order chi connectivity index (χ0) is 27.1. The summed E-state index contributed by atoms with van der Waals surface area (Å²) < 4.78 is 5.44. The van der Waals surface area contributed by atoms with Crippen molar-refractivity contribution in [1.29, 1.82) is 10.5 Å². The Bertz CT molecular complexity index is 1520. The number of nitrogens with two attached hydrogens (primary N) is 1. The number of nitrogen functional groups attached to an aromatic ring is 1. The van der Waals surface area contributed by atoms with Gasteiger partial charge in [-0.2, -0.15) is 10.5 Å². The molecule has 0 amide bonds. The van der Waals surface area contributed by atoms with Crippen LogP contribution in [0.3, 0.4) is 0 Å². The van der Waals surface area contributed by atoms with Gasteiger partial charge in [0.25, 0.3) is 0 Å². The number of thiazole rings is 1. The van der Waals surface area contributed by atoms with Crippen LogP contribution >= 0.6 is 34.7 Å². The number of anilines is 3. The second-order valence-corrected chi connectivity index (χ2v) is 10.1. The number of nitrogens with one attached hydrogen (secondary N) is 1. The Balaban J connectivity index is 1.56. The Morgan fingerprint density at radius 2 is 1.89 bits per heavy atom. The Kier molecular flexibility index (Phi) is 9.02. The summed E-state index contributed by atoms with van der Waals surface area (Å²) in [7, 11) is 0. The molecule has 4 aromatic rings. The summed E-state index contributed by atoms with van der Waals surface area (Å²) in [4.78, 5) is 8.93. The highest BCUT2D eigenvalue weighted by atomic mass is 35.5. The summed E-state index contributed by atoms with van der Waals surface area (Å²) in [5, 5.41) is 45.0. The van der Waals surface area contributed by atoms with Crippen molar-refractivity contribution in [1.82, 2.24) is 9.97 Å². The van der Waals surface area contributed by atoms with Gasteiger partial charge in [0, 0.05) is 27.4 Å². The molecule has 12 heteroatoms. The van der Waals surface area contributed by atoms with Gasteiger partial charge in [-0.1, -0.05) is 41.6 Å². The largest absolute Gasteiger partial charge is 0.491 e. The highest BCUT2D eigenvalue weighted by Gasteiger charge is 2.21. The number of rotatable bonds is 10. The zero-order valence-electron chi connectivity index (χ0n) is 19.8. The van der Waals surface area contributed by atoms with Gasteiger partial charge in [-0.05, 0) is 35.9 Å². The van der Waals surface area contributed by atoms with E-state index in [9.17, 15) is 15.6 Å². The maximum absolute atomic E-state index is 10.0. The normalized spacial score (nSPS) is 11.4. The van der Waals surface area contributed by atoms with Crippen LogP contribution in [0.25, 0.3) is 11.1 Å². The average Bonchev–Trinajstić information content (AvgIpc) is 3.37.